The van der Waals surface area contributed by atoms with Gasteiger partial charge < -0.3 is 4.74 Å². The molecule has 0 saturated carbocycles. The molecule has 6 heteroatoms. The van der Waals surface area contributed by atoms with Gasteiger partial charge in [-0.3, -0.25) is 0 Å². The van der Waals surface area contributed by atoms with Gasteiger partial charge in [-0.25, -0.2) is 13.1 Å². The summed E-state index contributed by atoms with van der Waals surface area (Å²) in [5, 5.41) is 8.73. The second-order valence-corrected chi connectivity index (χ2v) is 5.82. The van der Waals surface area contributed by atoms with Crippen molar-refractivity contribution in [2.45, 2.75) is 11.8 Å². The van der Waals surface area contributed by atoms with E-state index in [1.54, 1.807) is 19.2 Å². The zero-order valence-electron chi connectivity index (χ0n) is 10.4. The van der Waals surface area contributed by atoms with Crippen LogP contribution in [0.4, 0.5) is 0 Å². The predicted molar refractivity (Wildman–Crippen MR) is 67.4 cm³/mol. The van der Waals surface area contributed by atoms with E-state index in [2.05, 4.69) is 4.72 Å². The lowest BCUT2D eigenvalue weighted by Crippen LogP contribution is -2.30. The van der Waals surface area contributed by atoms with Crippen molar-refractivity contribution in [1.29, 1.82) is 5.26 Å². The van der Waals surface area contributed by atoms with Gasteiger partial charge in [-0.2, -0.15) is 5.26 Å². The van der Waals surface area contributed by atoms with E-state index in [1.165, 1.54) is 12.1 Å². The second kappa shape index (κ2) is 6.50. The summed E-state index contributed by atoms with van der Waals surface area (Å²) in [6, 6.07) is 7.83. The molecule has 0 saturated heterocycles. The summed E-state index contributed by atoms with van der Waals surface area (Å²) in [5.41, 5.74) is 0.322. The number of nitrogens with zero attached hydrogens (tertiary/aromatic N) is 1. The van der Waals surface area contributed by atoms with Crippen molar-refractivity contribution in [3.05, 3.63) is 29.8 Å². The van der Waals surface area contributed by atoms with Crippen LogP contribution in [0.2, 0.25) is 0 Å². The van der Waals surface area contributed by atoms with Crippen LogP contribution in [0.1, 0.15) is 12.5 Å². The Labute approximate surface area is 107 Å². The van der Waals surface area contributed by atoms with Crippen molar-refractivity contribution < 1.29 is 13.2 Å². The Morgan fingerprint density at radius 2 is 2.22 bits per heavy atom. The number of sulfonamides is 1. The Bertz CT molecular complexity index is 534. The normalized spacial score (nSPS) is 12.9. The van der Waals surface area contributed by atoms with Crippen molar-refractivity contribution in [2.75, 3.05) is 20.3 Å². The number of methoxy groups -OCH3 is 1. The third-order valence-corrected chi connectivity index (χ3v) is 3.77. The first-order chi connectivity index (χ1) is 8.49. The molecule has 0 spiro atoms. The Balaban J connectivity index is 2.77. The molecule has 0 amide bonds. The highest BCUT2D eigenvalue weighted by Crippen LogP contribution is 2.11. The van der Waals surface area contributed by atoms with Gasteiger partial charge in [-0.05, 0) is 24.1 Å². The number of ether oxygens (including phenoxy) is 1. The van der Waals surface area contributed by atoms with Crippen molar-refractivity contribution in [1.82, 2.24) is 4.72 Å². The van der Waals surface area contributed by atoms with E-state index in [1.807, 2.05) is 13.0 Å². The van der Waals surface area contributed by atoms with E-state index < -0.39 is 10.0 Å². The SMILES string of the molecule is COCC(C)CNS(=O)(=O)c1cccc(C#N)c1. The molecule has 1 atom stereocenters. The second-order valence-electron chi connectivity index (χ2n) is 4.05. The zero-order chi connectivity index (χ0) is 13.6. The van der Waals surface area contributed by atoms with Gasteiger partial charge in [0.15, 0.2) is 0 Å². The molecule has 0 aliphatic rings. The van der Waals surface area contributed by atoms with E-state index in [9.17, 15) is 8.42 Å². The number of nitrogens with one attached hydrogen (secondary N) is 1. The van der Waals surface area contributed by atoms with Crippen LogP contribution in [0.25, 0.3) is 0 Å². The summed E-state index contributed by atoms with van der Waals surface area (Å²) in [7, 11) is -1.99. The molecular weight excluding hydrogens is 252 g/mol. The fourth-order valence-corrected chi connectivity index (χ4v) is 2.62. The standard InChI is InChI=1S/C12H16N2O3S/c1-10(9-17-2)8-14-18(15,16)12-5-3-4-11(6-12)7-13/h3-6,10,14H,8-9H2,1-2H3. The lowest BCUT2D eigenvalue weighted by molar-refractivity contribution is 0.161. The summed E-state index contributed by atoms with van der Waals surface area (Å²) < 4.78 is 31.3. The fraction of sp³-hybridized carbons (Fsp3) is 0.417. The summed E-state index contributed by atoms with van der Waals surface area (Å²) >= 11 is 0. The Morgan fingerprint density at radius 3 is 2.83 bits per heavy atom. The number of nitriles is 1. The van der Waals surface area contributed by atoms with Gasteiger partial charge in [0.1, 0.15) is 0 Å². The molecule has 1 unspecified atom stereocenters. The number of benzene rings is 1. The first-order valence-corrected chi connectivity index (χ1v) is 6.96. The molecule has 18 heavy (non-hydrogen) atoms. The third kappa shape index (κ3) is 4.11. The van der Waals surface area contributed by atoms with E-state index in [0.717, 1.165) is 0 Å². The molecule has 0 aliphatic heterocycles. The zero-order valence-corrected chi connectivity index (χ0v) is 11.2. The highest BCUT2D eigenvalue weighted by molar-refractivity contribution is 7.89. The monoisotopic (exact) mass is 268 g/mol. The minimum atomic E-state index is -3.56. The molecule has 5 nitrogen and oxygen atoms in total. The average Bonchev–Trinajstić information content (AvgIpc) is 2.37. The van der Waals surface area contributed by atoms with Crippen LogP contribution < -0.4 is 4.72 Å². The van der Waals surface area contributed by atoms with Crippen LogP contribution in [-0.2, 0) is 14.8 Å². The largest absolute Gasteiger partial charge is 0.384 e. The molecule has 0 bridgehead atoms. The first kappa shape index (κ1) is 14.6. The number of hydrogen-bond acceptors (Lipinski definition) is 4. The molecule has 1 rings (SSSR count). The molecule has 0 aromatic heterocycles. The molecule has 0 aliphatic carbocycles. The van der Waals surface area contributed by atoms with Crippen LogP contribution >= 0.6 is 0 Å². The van der Waals surface area contributed by atoms with E-state index in [-0.39, 0.29) is 10.8 Å². The Morgan fingerprint density at radius 1 is 1.50 bits per heavy atom. The molecule has 0 heterocycles. The average molecular weight is 268 g/mol. The van der Waals surface area contributed by atoms with E-state index >= 15 is 0 Å². The minimum absolute atomic E-state index is 0.0870. The maximum Gasteiger partial charge on any atom is 0.240 e. The van der Waals surface area contributed by atoms with Gasteiger partial charge in [-0.15, -0.1) is 0 Å². The van der Waals surface area contributed by atoms with Crippen LogP contribution in [0.5, 0.6) is 0 Å². The van der Waals surface area contributed by atoms with Crippen molar-refractivity contribution in [2.24, 2.45) is 5.92 Å². The predicted octanol–water partition coefficient (Wildman–Crippen LogP) is 1.12. The topological polar surface area (TPSA) is 79.2 Å². The van der Waals surface area contributed by atoms with Gasteiger partial charge in [-0.1, -0.05) is 13.0 Å². The molecule has 0 fully saturated rings. The highest BCUT2D eigenvalue weighted by Gasteiger charge is 2.15. The summed E-state index contributed by atoms with van der Waals surface area (Å²) in [4.78, 5) is 0.103. The van der Waals surface area contributed by atoms with Crippen LogP contribution in [0.3, 0.4) is 0 Å². The minimum Gasteiger partial charge on any atom is -0.384 e. The van der Waals surface area contributed by atoms with Crippen LogP contribution in [-0.4, -0.2) is 28.7 Å². The van der Waals surface area contributed by atoms with Gasteiger partial charge in [0, 0.05) is 20.3 Å². The maximum absolute atomic E-state index is 11.9. The lowest BCUT2D eigenvalue weighted by Gasteiger charge is -2.12. The van der Waals surface area contributed by atoms with Crippen molar-refractivity contribution in [3.63, 3.8) is 0 Å². The maximum atomic E-state index is 11.9. The Hall–Kier alpha value is -1.42. The van der Waals surface area contributed by atoms with Gasteiger partial charge in [0.05, 0.1) is 16.5 Å². The van der Waals surface area contributed by atoms with E-state index in [4.69, 9.17) is 10.00 Å². The Kier molecular flexibility index (Phi) is 5.28. The number of rotatable bonds is 6. The molecule has 98 valence electrons. The molecular formula is C12H16N2O3S. The molecule has 1 aromatic rings. The fourth-order valence-electron chi connectivity index (χ4n) is 1.41. The van der Waals surface area contributed by atoms with Crippen LogP contribution in [0, 0.1) is 17.2 Å². The van der Waals surface area contributed by atoms with Gasteiger partial charge >= 0.3 is 0 Å². The smallest absolute Gasteiger partial charge is 0.240 e. The summed E-state index contributed by atoms with van der Waals surface area (Å²) in [6.45, 7) is 2.67. The number of hydrogen-bond donors (Lipinski definition) is 1. The van der Waals surface area contributed by atoms with Crippen LogP contribution in [0.15, 0.2) is 29.2 Å². The van der Waals surface area contributed by atoms with Gasteiger partial charge in [0.2, 0.25) is 10.0 Å². The summed E-state index contributed by atoms with van der Waals surface area (Å²) in [6.07, 6.45) is 0. The first-order valence-electron chi connectivity index (χ1n) is 5.48. The lowest BCUT2D eigenvalue weighted by atomic mass is 10.2. The van der Waals surface area contributed by atoms with Crippen molar-refractivity contribution >= 4 is 10.0 Å². The highest BCUT2D eigenvalue weighted by atomic mass is 32.2. The van der Waals surface area contributed by atoms with Gasteiger partial charge in [0.25, 0.3) is 0 Å². The molecule has 1 N–H and O–H groups in total. The molecule has 1 aromatic carbocycles. The van der Waals surface area contributed by atoms with Crippen molar-refractivity contribution in [3.8, 4) is 6.07 Å². The third-order valence-electron chi connectivity index (χ3n) is 2.35. The molecule has 0 radical (unpaired) electrons. The summed E-state index contributed by atoms with van der Waals surface area (Å²) in [5.74, 6) is 0.0870. The van der Waals surface area contributed by atoms with E-state index in [0.29, 0.717) is 18.7 Å². The quantitative estimate of drug-likeness (QED) is 0.838.